The SMILES string of the molecule is CC(C)(C)c1cc(CCC(=O)NN)cc(N2Nc3ccccc3N2)c1O. The molecule has 1 aliphatic rings. The summed E-state index contributed by atoms with van der Waals surface area (Å²) in [6.45, 7) is 6.13. The molecule has 0 aromatic heterocycles. The van der Waals surface area contributed by atoms with Crippen LogP contribution < -0.4 is 27.2 Å². The van der Waals surface area contributed by atoms with Crippen LogP contribution in [0.25, 0.3) is 0 Å². The maximum absolute atomic E-state index is 11.5. The highest BCUT2D eigenvalue weighted by Crippen LogP contribution is 2.41. The largest absolute Gasteiger partial charge is 0.505 e. The molecule has 0 spiro atoms. The number of para-hydroxylation sites is 2. The zero-order valence-electron chi connectivity index (χ0n) is 15.3. The minimum absolute atomic E-state index is 0.206. The van der Waals surface area contributed by atoms with Gasteiger partial charge in [-0.2, -0.15) is 5.12 Å². The quantitative estimate of drug-likeness (QED) is 0.328. The van der Waals surface area contributed by atoms with E-state index in [9.17, 15) is 9.90 Å². The molecule has 0 fully saturated rings. The second-order valence-electron chi connectivity index (χ2n) is 7.43. The van der Waals surface area contributed by atoms with Gasteiger partial charge in [0.05, 0.1) is 11.4 Å². The van der Waals surface area contributed by atoms with Crippen molar-refractivity contribution in [3.8, 4) is 5.75 Å². The highest BCUT2D eigenvalue weighted by molar-refractivity contribution is 5.81. The first-order valence-electron chi connectivity index (χ1n) is 8.58. The molecule has 7 heteroatoms. The van der Waals surface area contributed by atoms with E-state index in [0.717, 1.165) is 22.5 Å². The molecule has 1 aliphatic heterocycles. The maximum atomic E-state index is 11.5. The van der Waals surface area contributed by atoms with Crippen molar-refractivity contribution in [1.29, 1.82) is 0 Å². The lowest BCUT2D eigenvalue weighted by Crippen LogP contribution is -2.31. The fraction of sp³-hybridized carbons (Fsp3) is 0.316. The molecular formula is C19H25N5O2. The number of benzene rings is 2. The van der Waals surface area contributed by atoms with Crippen LogP contribution >= 0.6 is 0 Å². The molecule has 0 unspecified atom stereocenters. The van der Waals surface area contributed by atoms with Crippen molar-refractivity contribution in [2.45, 2.75) is 39.0 Å². The number of carbonyl (C=O) groups excluding carboxylic acids is 1. The third-order valence-corrected chi connectivity index (χ3v) is 4.39. The van der Waals surface area contributed by atoms with Crippen molar-refractivity contribution in [3.63, 3.8) is 0 Å². The van der Waals surface area contributed by atoms with E-state index in [-0.39, 0.29) is 23.5 Å². The number of amides is 1. The first kappa shape index (κ1) is 17.9. The first-order valence-corrected chi connectivity index (χ1v) is 8.58. The summed E-state index contributed by atoms with van der Waals surface area (Å²) in [5.41, 5.74) is 12.6. The molecule has 0 bridgehead atoms. The lowest BCUT2D eigenvalue weighted by atomic mass is 9.84. The summed E-state index contributed by atoms with van der Waals surface area (Å²) in [4.78, 5) is 11.5. The second kappa shape index (κ2) is 6.76. The molecule has 1 heterocycles. The van der Waals surface area contributed by atoms with Crippen molar-refractivity contribution < 1.29 is 9.90 Å². The highest BCUT2D eigenvalue weighted by Gasteiger charge is 2.26. The Balaban J connectivity index is 1.97. The number of anilines is 3. The number of nitrogens with two attached hydrogens (primary N) is 1. The number of hydrogen-bond donors (Lipinski definition) is 5. The molecule has 0 saturated heterocycles. The predicted molar refractivity (Wildman–Crippen MR) is 104 cm³/mol. The molecule has 1 amide bonds. The van der Waals surface area contributed by atoms with Crippen LogP contribution in [0.15, 0.2) is 36.4 Å². The molecule has 0 saturated carbocycles. The molecule has 0 aliphatic carbocycles. The van der Waals surface area contributed by atoms with Crippen LogP contribution in [0.5, 0.6) is 5.75 Å². The second-order valence-corrected chi connectivity index (χ2v) is 7.43. The minimum Gasteiger partial charge on any atom is -0.505 e. The van der Waals surface area contributed by atoms with E-state index < -0.39 is 0 Å². The standard InChI is InChI=1S/C19H25N5O2/c1-19(2,3)13-10-12(8-9-17(25)21-20)11-16(18(13)26)24-22-14-6-4-5-7-15(14)23-24/h4-7,10-11,22-23,26H,8-9,20H2,1-3H3,(H,21,25). The van der Waals surface area contributed by atoms with Gasteiger partial charge in [-0.05, 0) is 35.6 Å². The van der Waals surface area contributed by atoms with Crippen LogP contribution in [0, 0.1) is 0 Å². The third-order valence-electron chi connectivity index (χ3n) is 4.39. The maximum Gasteiger partial charge on any atom is 0.234 e. The monoisotopic (exact) mass is 355 g/mol. The molecular weight excluding hydrogens is 330 g/mol. The number of aromatic hydroxyl groups is 1. The number of phenols is 1. The van der Waals surface area contributed by atoms with Gasteiger partial charge in [-0.25, -0.2) is 5.84 Å². The van der Waals surface area contributed by atoms with E-state index >= 15 is 0 Å². The van der Waals surface area contributed by atoms with Crippen LogP contribution in [0.2, 0.25) is 0 Å². The van der Waals surface area contributed by atoms with E-state index in [1.165, 1.54) is 0 Å². The van der Waals surface area contributed by atoms with Crippen molar-refractivity contribution in [1.82, 2.24) is 5.43 Å². The number of phenolic OH excluding ortho intramolecular Hbond substituents is 1. The van der Waals surface area contributed by atoms with E-state index in [2.05, 4.69) is 16.3 Å². The smallest absolute Gasteiger partial charge is 0.234 e. The van der Waals surface area contributed by atoms with Gasteiger partial charge in [0.1, 0.15) is 11.4 Å². The van der Waals surface area contributed by atoms with Gasteiger partial charge in [0.25, 0.3) is 0 Å². The van der Waals surface area contributed by atoms with Crippen LogP contribution in [0.4, 0.5) is 17.1 Å². The number of hydrazine groups is 3. The molecule has 7 nitrogen and oxygen atoms in total. The van der Waals surface area contributed by atoms with Gasteiger partial charge in [0.15, 0.2) is 0 Å². The van der Waals surface area contributed by atoms with Crippen molar-refractivity contribution in [3.05, 3.63) is 47.5 Å². The van der Waals surface area contributed by atoms with Crippen LogP contribution in [0.3, 0.4) is 0 Å². The average molecular weight is 355 g/mol. The highest BCUT2D eigenvalue weighted by atomic mass is 16.3. The summed E-state index contributed by atoms with van der Waals surface area (Å²) in [6.07, 6.45) is 0.811. The van der Waals surface area contributed by atoms with Crippen molar-refractivity contribution >= 4 is 23.0 Å². The fourth-order valence-electron chi connectivity index (χ4n) is 2.96. The van der Waals surface area contributed by atoms with Crippen LogP contribution in [-0.4, -0.2) is 11.0 Å². The van der Waals surface area contributed by atoms with Gasteiger partial charge in [-0.3, -0.25) is 21.1 Å². The zero-order chi connectivity index (χ0) is 18.9. The molecule has 0 radical (unpaired) electrons. The summed E-state index contributed by atoms with van der Waals surface area (Å²) < 4.78 is 0. The van der Waals surface area contributed by atoms with E-state index in [4.69, 9.17) is 5.84 Å². The Bertz CT molecular complexity index is 804. The number of nitrogens with one attached hydrogen (secondary N) is 3. The molecule has 2 aromatic rings. The van der Waals surface area contributed by atoms with Crippen molar-refractivity contribution in [2.24, 2.45) is 5.84 Å². The number of aryl methyl sites for hydroxylation is 1. The number of nitrogens with zero attached hydrogens (tertiary/aromatic N) is 1. The lowest BCUT2D eigenvalue weighted by molar-refractivity contribution is -0.121. The van der Waals surface area contributed by atoms with E-state index in [0.29, 0.717) is 12.1 Å². The lowest BCUT2D eigenvalue weighted by Gasteiger charge is -2.27. The first-order chi connectivity index (χ1) is 12.3. The van der Waals surface area contributed by atoms with Gasteiger partial charge >= 0.3 is 0 Å². The average Bonchev–Trinajstić information content (AvgIpc) is 3.03. The number of carbonyl (C=O) groups is 1. The predicted octanol–water partition coefficient (Wildman–Crippen LogP) is 2.79. The summed E-state index contributed by atoms with van der Waals surface area (Å²) in [5.74, 6) is 5.16. The Morgan fingerprint density at radius 2 is 1.81 bits per heavy atom. The third kappa shape index (κ3) is 3.52. The fourth-order valence-corrected chi connectivity index (χ4v) is 2.96. The van der Waals surface area contributed by atoms with Gasteiger partial charge in [0, 0.05) is 12.0 Å². The Morgan fingerprint density at radius 3 is 2.35 bits per heavy atom. The number of fused-ring (bicyclic) bond motifs is 1. The number of rotatable bonds is 4. The molecule has 138 valence electrons. The topological polar surface area (TPSA) is 103 Å². The van der Waals surface area contributed by atoms with Gasteiger partial charge in [-0.15, -0.1) is 0 Å². The summed E-state index contributed by atoms with van der Waals surface area (Å²) in [6, 6.07) is 11.6. The van der Waals surface area contributed by atoms with Gasteiger partial charge in [0.2, 0.25) is 5.91 Å². The molecule has 26 heavy (non-hydrogen) atoms. The Kier molecular flexibility index (Phi) is 4.65. The molecule has 3 rings (SSSR count). The van der Waals surface area contributed by atoms with E-state index in [1.54, 1.807) is 5.12 Å². The van der Waals surface area contributed by atoms with Gasteiger partial charge < -0.3 is 5.11 Å². The molecule has 0 atom stereocenters. The Labute approximate surface area is 153 Å². The Hall–Kier alpha value is -2.93. The summed E-state index contributed by atoms with van der Waals surface area (Å²) >= 11 is 0. The van der Waals surface area contributed by atoms with E-state index in [1.807, 2.05) is 57.2 Å². The Morgan fingerprint density at radius 1 is 1.19 bits per heavy atom. The summed E-state index contributed by atoms with van der Waals surface area (Å²) in [7, 11) is 0. The minimum atomic E-state index is -0.252. The number of hydrogen-bond acceptors (Lipinski definition) is 6. The molecule has 2 aromatic carbocycles. The van der Waals surface area contributed by atoms with Crippen LogP contribution in [-0.2, 0) is 16.6 Å². The van der Waals surface area contributed by atoms with Crippen molar-refractivity contribution in [2.75, 3.05) is 16.0 Å². The van der Waals surface area contributed by atoms with Crippen LogP contribution in [0.1, 0.15) is 38.3 Å². The summed E-state index contributed by atoms with van der Waals surface area (Å²) in [5, 5.41) is 12.6. The van der Waals surface area contributed by atoms with Gasteiger partial charge in [-0.1, -0.05) is 39.0 Å². The molecule has 6 N–H and O–H groups in total. The normalized spacial score (nSPS) is 13.0. The zero-order valence-corrected chi connectivity index (χ0v) is 15.3.